The molecule has 3 aromatic heterocycles. The summed E-state index contributed by atoms with van der Waals surface area (Å²) in [4.78, 5) is 24.9. The number of nitrogens with zero attached hydrogens (tertiary/aromatic N) is 6. The third-order valence-corrected chi connectivity index (χ3v) is 7.91. The highest BCUT2D eigenvalue weighted by atomic mass is 16.5. The number of aromatic nitrogens is 4. The number of aliphatic hydroxyl groups is 1. The fourth-order valence-corrected chi connectivity index (χ4v) is 5.30. The second-order valence-electron chi connectivity index (χ2n) is 11.2. The van der Waals surface area contributed by atoms with E-state index in [2.05, 4.69) is 38.0 Å². The Bertz CT molecular complexity index is 1360. The summed E-state index contributed by atoms with van der Waals surface area (Å²) in [7, 11) is 3.32. The van der Waals surface area contributed by atoms with Crippen molar-refractivity contribution in [1.82, 2.24) is 24.5 Å². The number of aryl methyl sites for hydroxylation is 1. The molecule has 0 aromatic carbocycles. The average Bonchev–Trinajstić information content (AvgIpc) is 3.50. The van der Waals surface area contributed by atoms with E-state index >= 15 is 0 Å². The molecular formula is C33H49N7O6. The van der Waals surface area contributed by atoms with E-state index in [1.54, 1.807) is 12.3 Å². The number of aliphatic hydroxyl groups excluding tert-OH is 1. The first-order chi connectivity index (χ1) is 22.5. The smallest absolute Gasteiger partial charge is 0.330 e. The second kappa shape index (κ2) is 19.0. The lowest BCUT2D eigenvalue weighted by Gasteiger charge is -2.36. The summed E-state index contributed by atoms with van der Waals surface area (Å²) in [6, 6.07) is 6.21. The van der Waals surface area contributed by atoms with Gasteiger partial charge >= 0.3 is 5.97 Å². The molecule has 0 aliphatic carbocycles. The third-order valence-electron chi connectivity index (χ3n) is 7.91. The molecule has 0 radical (unpaired) electrons. The van der Waals surface area contributed by atoms with Crippen LogP contribution in [0.3, 0.4) is 0 Å². The minimum absolute atomic E-state index is 0.177. The van der Waals surface area contributed by atoms with Crippen LogP contribution in [-0.4, -0.2) is 115 Å². The van der Waals surface area contributed by atoms with Gasteiger partial charge in [0.15, 0.2) is 5.65 Å². The fraction of sp³-hybridized carbons (Fsp3) is 0.576. The minimum Gasteiger partial charge on any atom is -0.475 e. The average molecular weight is 640 g/mol. The van der Waals surface area contributed by atoms with E-state index in [1.807, 2.05) is 34.8 Å². The summed E-state index contributed by atoms with van der Waals surface area (Å²) in [5.41, 5.74) is 2.98. The number of fused-ring (bicyclic) bond motifs is 1. The van der Waals surface area contributed by atoms with Crippen LogP contribution in [0.15, 0.2) is 42.7 Å². The van der Waals surface area contributed by atoms with Crippen LogP contribution in [0.4, 0.5) is 11.6 Å². The van der Waals surface area contributed by atoms with Gasteiger partial charge in [0.1, 0.15) is 18.2 Å². The zero-order valence-electron chi connectivity index (χ0n) is 27.4. The predicted molar refractivity (Wildman–Crippen MR) is 176 cm³/mol. The molecule has 0 amide bonds. The van der Waals surface area contributed by atoms with Crippen molar-refractivity contribution in [3.63, 3.8) is 0 Å². The number of methoxy groups -OCH3 is 1. The predicted octanol–water partition coefficient (Wildman–Crippen LogP) is 3.11. The highest BCUT2D eigenvalue weighted by molar-refractivity contribution is 5.81. The molecule has 4 heterocycles. The molecule has 0 bridgehead atoms. The Morgan fingerprint density at radius 3 is 2.74 bits per heavy atom. The molecular weight excluding hydrogens is 590 g/mol. The zero-order valence-corrected chi connectivity index (χ0v) is 27.4. The molecule has 0 unspecified atom stereocenters. The monoisotopic (exact) mass is 639 g/mol. The van der Waals surface area contributed by atoms with Crippen LogP contribution < -0.4 is 15.0 Å². The Morgan fingerprint density at radius 1 is 1.15 bits per heavy atom. The lowest BCUT2D eigenvalue weighted by Crippen LogP contribution is -2.40. The molecule has 13 heteroatoms. The Hall–Kier alpha value is -3.78. The van der Waals surface area contributed by atoms with Gasteiger partial charge in [-0.05, 0) is 44.7 Å². The van der Waals surface area contributed by atoms with Crippen molar-refractivity contribution in [2.75, 3.05) is 83.6 Å². The molecule has 1 aliphatic heterocycles. The molecule has 252 valence electrons. The maximum absolute atomic E-state index is 11.1. The molecule has 3 aromatic rings. The maximum atomic E-state index is 11.1. The van der Waals surface area contributed by atoms with Gasteiger partial charge < -0.3 is 39.2 Å². The molecule has 46 heavy (non-hydrogen) atoms. The number of hydrogen-bond acceptors (Lipinski definition) is 12. The molecule has 1 saturated heterocycles. The van der Waals surface area contributed by atoms with Crippen LogP contribution >= 0.6 is 0 Å². The molecule has 1 aliphatic rings. The van der Waals surface area contributed by atoms with Gasteiger partial charge in [-0.15, -0.1) is 0 Å². The summed E-state index contributed by atoms with van der Waals surface area (Å²) < 4.78 is 23.4. The standard InChI is InChI=1S/C33H49N7O6/c1-4-27-25-36-40-29(22-30(37-33(27)40)39-14-6-5-8-28(39)12-16-41)34-23-26-10-11-31(35-24-26)46-21-20-45-19-18-44-17-15-38(2)13-7-9-32(42)43-3/h7,9-11,22,24-25,28,34,41H,4-6,8,12-21,23H2,1-3H3/b9-7+/t28-/m0/s1. The van der Waals surface area contributed by atoms with E-state index in [-0.39, 0.29) is 18.6 Å². The number of pyridine rings is 1. The topological polar surface area (TPSA) is 136 Å². The lowest BCUT2D eigenvalue weighted by molar-refractivity contribution is -0.134. The first kappa shape index (κ1) is 35.1. The first-order valence-corrected chi connectivity index (χ1v) is 16.2. The first-order valence-electron chi connectivity index (χ1n) is 16.2. The second-order valence-corrected chi connectivity index (χ2v) is 11.2. The Morgan fingerprint density at radius 2 is 1.98 bits per heavy atom. The van der Waals surface area contributed by atoms with Crippen LogP contribution in [-0.2, 0) is 32.0 Å². The van der Waals surface area contributed by atoms with Crippen LogP contribution in [0.2, 0.25) is 0 Å². The minimum atomic E-state index is -0.355. The lowest BCUT2D eigenvalue weighted by atomic mass is 9.99. The summed E-state index contributed by atoms with van der Waals surface area (Å²) in [5.74, 6) is 1.98. The molecule has 2 N–H and O–H groups in total. The van der Waals surface area contributed by atoms with E-state index in [0.29, 0.717) is 52.0 Å². The number of piperidine rings is 1. The Labute approximate surface area is 271 Å². The quantitative estimate of drug-likeness (QED) is 0.107. The maximum Gasteiger partial charge on any atom is 0.330 e. The number of nitrogens with one attached hydrogen (secondary N) is 1. The molecule has 13 nitrogen and oxygen atoms in total. The highest BCUT2D eigenvalue weighted by Crippen LogP contribution is 2.29. The summed E-state index contributed by atoms with van der Waals surface area (Å²) in [5, 5.41) is 17.8. The summed E-state index contributed by atoms with van der Waals surface area (Å²) in [6.07, 6.45) is 11.8. The van der Waals surface area contributed by atoms with Crippen molar-refractivity contribution < 1.29 is 28.8 Å². The summed E-state index contributed by atoms with van der Waals surface area (Å²) in [6.45, 7) is 7.56. The molecule has 0 spiro atoms. The third kappa shape index (κ3) is 10.6. The molecule has 0 saturated carbocycles. The summed E-state index contributed by atoms with van der Waals surface area (Å²) >= 11 is 0. The largest absolute Gasteiger partial charge is 0.475 e. The van der Waals surface area contributed by atoms with Gasteiger partial charge in [-0.25, -0.2) is 14.8 Å². The van der Waals surface area contributed by atoms with E-state index < -0.39 is 0 Å². The number of carbonyl (C=O) groups is 1. The van der Waals surface area contributed by atoms with E-state index in [9.17, 15) is 9.90 Å². The Balaban J connectivity index is 1.18. The number of esters is 1. The number of rotatable bonds is 20. The molecule has 1 atom stereocenters. The zero-order chi connectivity index (χ0) is 32.6. The normalized spacial score (nSPS) is 15.2. The van der Waals surface area contributed by atoms with E-state index in [1.165, 1.54) is 19.6 Å². The van der Waals surface area contributed by atoms with Crippen molar-refractivity contribution in [3.8, 4) is 5.88 Å². The van der Waals surface area contributed by atoms with Gasteiger partial charge in [-0.3, -0.25) is 0 Å². The molecule has 4 rings (SSSR count). The highest BCUT2D eigenvalue weighted by Gasteiger charge is 2.25. The van der Waals surface area contributed by atoms with E-state index in [4.69, 9.17) is 19.2 Å². The van der Waals surface area contributed by atoms with Gasteiger partial charge in [-0.2, -0.15) is 9.61 Å². The van der Waals surface area contributed by atoms with Crippen LogP contribution in [0.25, 0.3) is 5.65 Å². The van der Waals surface area contributed by atoms with Crippen LogP contribution in [0, 0.1) is 0 Å². The number of anilines is 2. The van der Waals surface area contributed by atoms with Crippen molar-refractivity contribution >= 4 is 23.3 Å². The van der Waals surface area contributed by atoms with Crippen LogP contribution in [0.1, 0.15) is 43.7 Å². The van der Waals surface area contributed by atoms with Gasteiger partial charge in [0.05, 0.1) is 39.7 Å². The number of likely N-dealkylation sites (N-methyl/N-ethyl adjacent to an activating group) is 1. The number of carbonyl (C=O) groups excluding carboxylic acids is 1. The van der Waals surface area contributed by atoms with Crippen molar-refractivity contribution in [2.24, 2.45) is 0 Å². The number of hydrogen-bond donors (Lipinski definition) is 2. The van der Waals surface area contributed by atoms with Gasteiger partial charge in [0, 0.05) is 68.8 Å². The number of ether oxygens (including phenoxy) is 4. The Kier molecular flexibility index (Phi) is 14.5. The van der Waals surface area contributed by atoms with Gasteiger partial charge in [-0.1, -0.05) is 19.1 Å². The van der Waals surface area contributed by atoms with Crippen LogP contribution in [0.5, 0.6) is 5.88 Å². The van der Waals surface area contributed by atoms with Crippen molar-refractivity contribution in [1.29, 1.82) is 0 Å². The fourth-order valence-electron chi connectivity index (χ4n) is 5.30. The van der Waals surface area contributed by atoms with Crippen molar-refractivity contribution in [3.05, 3.63) is 53.9 Å². The van der Waals surface area contributed by atoms with E-state index in [0.717, 1.165) is 67.2 Å². The van der Waals surface area contributed by atoms with Gasteiger partial charge in [0.25, 0.3) is 0 Å². The SMILES string of the molecule is CCc1cnn2c(NCc3ccc(OCCOCCOCCN(C)C/C=C/C(=O)OC)nc3)cc(N3CCCC[C@H]3CCO)nc12. The van der Waals surface area contributed by atoms with Crippen molar-refractivity contribution in [2.45, 2.75) is 51.6 Å². The molecule has 1 fully saturated rings. The van der Waals surface area contributed by atoms with Gasteiger partial charge in [0.2, 0.25) is 5.88 Å².